The molecule has 4 rings (SSSR count). The van der Waals surface area contributed by atoms with Crippen LogP contribution in [0.25, 0.3) is 0 Å². The van der Waals surface area contributed by atoms with E-state index in [1.165, 1.54) is 0 Å². The van der Waals surface area contributed by atoms with E-state index in [0.29, 0.717) is 0 Å². The molecular formula is C15H20F3N3O5. The highest BCUT2D eigenvalue weighted by atomic mass is 19.4. The average Bonchev–Trinajstić information content (AvgIpc) is 3.12. The number of hydrogen-bond acceptors (Lipinski definition) is 7. The summed E-state index contributed by atoms with van der Waals surface area (Å²) in [6.07, 6.45) is -6.57. The molecular weight excluding hydrogens is 359 g/mol. The van der Waals surface area contributed by atoms with Gasteiger partial charge in [-0.1, -0.05) is 5.21 Å². The van der Waals surface area contributed by atoms with Crippen LogP contribution in [0, 0.1) is 0 Å². The smallest absolute Gasteiger partial charge is 0.342 e. The molecule has 3 aliphatic heterocycles. The molecule has 11 heteroatoms. The molecule has 0 aliphatic carbocycles. The van der Waals surface area contributed by atoms with Gasteiger partial charge in [-0.15, -0.1) is 5.10 Å². The molecule has 3 fully saturated rings. The first kappa shape index (κ1) is 18.1. The van der Waals surface area contributed by atoms with Crippen molar-refractivity contribution in [2.24, 2.45) is 0 Å². The molecule has 26 heavy (non-hydrogen) atoms. The summed E-state index contributed by atoms with van der Waals surface area (Å²) in [5.41, 5.74) is -1.06. The summed E-state index contributed by atoms with van der Waals surface area (Å²) >= 11 is 0. The SMILES string of the molecule is CC1(C)O[C@H]2[C@@H](O1)[C@@H](Cn1cc(C(F)(F)F)nn1)O[C@@H]1OC(C)(C)O[C@@H]12. The lowest BCUT2D eigenvalue weighted by Gasteiger charge is -2.37. The van der Waals surface area contributed by atoms with Crippen molar-refractivity contribution >= 4 is 0 Å². The van der Waals surface area contributed by atoms with Crippen LogP contribution in [0.1, 0.15) is 33.4 Å². The number of halogens is 3. The van der Waals surface area contributed by atoms with E-state index in [-0.39, 0.29) is 6.54 Å². The molecule has 0 aromatic carbocycles. The summed E-state index contributed by atoms with van der Waals surface area (Å²) in [4.78, 5) is 0. The number of alkyl halides is 3. The van der Waals surface area contributed by atoms with Gasteiger partial charge < -0.3 is 23.7 Å². The van der Waals surface area contributed by atoms with E-state index in [1.807, 2.05) is 0 Å². The Morgan fingerprint density at radius 3 is 2.27 bits per heavy atom. The second kappa shape index (κ2) is 5.61. The number of rotatable bonds is 2. The van der Waals surface area contributed by atoms with E-state index in [0.717, 1.165) is 10.9 Å². The van der Waals surface area contributed by atoms with Crippen LogP contribution in [0.15, 0.2) is 6.20 Å². The van der Waals surface area contributed by atoms with E-state index >= 15 is 0 Å². The Morgan fingerprint density at radius 1 is 1.00 bits per heavy atom. The number of hydrogen-bond donors (Lipinski definition) is 0. The van der Waals surface area contributed by atoms with Crippen LogP contribution in [0.4, 0.5) is 13.2 Å². The Bertz CT molecular complexity index is 692. The Morgan fingerprint density at radius 2 is 1.62 bits per heavy atom. The number of fused-ring (bicyclic) bond motifs is 3. The Hall–Kier alpha value is -1.27. The average molecular weight is 379 g/mol. The Labute approximate surface area is 147 Å². The highest BCUT2D eigenvalue weighted by molar-refractivity contribution is 5.01. The number of ether oxygens (including phenoxy) is 5. The van der Waals surface area contributed by atoms with Crippen LogP contribution in [0.3, 0.4) is 0 Å². The summed E-state index contributed by atoms with van der Waals surface area (Å²) in [6, 6.07) is 0. The molecule has 3 aliphatic rings. The molecule has 0 spiro atoms. The van der Waals surface area contributed by atoms with Crippen LogP contribution < -0.4 is 0 Å². The van der Waals surface area contributed by atoms with Gasteiger partial charge in [-0.25, -0.2) is 4.68 Å². The van der Waals surface area contributed by atoms with E-state index in [4.69, 9.17) is 23.7 Å². The fourth-order valence-corrected chi connectivity index (χ4v) is 3.54. The molecule has 4 heterocycles. The summed E-state index contributed by atoms with van der Waals surface area (Å²) in [5.74, 6) is -1.73. The fourth-order valence-electron chi connectivity index (χ4n) is 3.54. The van der Waals surface area contributed by atoms with Crippen molar-refractivity contribution < 1.29 is 36.9 Å². The van der Waals surface area contributed by atoms with Gasteiger partial charge in [0, 0.05) is 0 Å². The topological polar surface area (TPSA) is 76.9 Å². The van der Waals surface area contributed by atoms with Crippen LogP contribution in [-0.4, -0.2) is 57.3 Å². The van der Waals surface area contributed by atoms with Crippen molar-refractivity contribution in [2.75, 3.05) is 0 Å². The molecule has 8 nitrogen and oxygen atoms in total. The lowest BCUT2D eigenvalue weighted by atomic mass is 9.99. The van der Waals surface area contributed by atoms with Gasteiger partial charge in [0.25, 0.3) is 0 Å². The Kier molecular flexibility index (Phi) is 3.91. The van der Waals surface area contributed by atoms with E-state index < -0.39 is 54.2 Å². The van der Waals surface area contributed by atoms with E-state index in [9.17, 15) is 13.2 Å². The lowest BCUT2D eigenvalue weighted by molar-refractivity contribution is -0.236. The van der Waals surface area contributed by atoms with Gasteiger partial charge in [-0.3, -0.25) is 0 Å². The predicted molar refractivity (Wildman–Crippen MR) is 77.5 cm³/mol. The third kappa shape index (κ3) is 3.22. The molecule has 146 valence electrons. The summed E-state index contributed by atoms with van der Waals surface area (Å²) in [5, 5.41) is 6.70. The van der Waals surface area contributed by atoms with Crippen LogP contribution in [-0.2, 0) is 36.4 Å². The van der Waals surface area contributed by atoms with Crippen molar-refractivity contribution in [3.63, 3.8) is 0 Å². The van der Waals surface area contributed by atoms with Crippen molar-refractivity contribution in [1.29, 1.82) is 0 Å². The number of aromatic nitrogens is 3. The first-order valence-electron chi connectivity index (χ1n) is 8.28. The van der Waals surface area contributed by atoms with Gasteiger partial charge >= 0.3 is 6.18 Å². The zero-order valence-electron chi connectivity index (χ0n) is 14.7. The minimum absolute atomic E-state index is 0.0106. The molecule has 0 bridgehead atoms. The van der Waals surface area contributed by atoms with Crippen LogP contribution in [0.2, 0.25) is 0 Å². The first-order chi connectivity index (χ1) is 11.9. The standard InChI is InChI=1S/C15H20F3N3O5/c1-13(2)23-9-7(5-21-6-8(19-20-21)15(16,17)18)22-12-11(10(9)24-13)25-14(3,4)26-12/h6-7,9-12H,5H2,1-4H3/t7-,9+,10+,11-,12-/m1/s1. The highest BCUT2D eigenvalue weighted by Crippen LogP contribution is 2.44. The zero-order chi connectivity index (χ0) is 18.9. The van der Waals surface area contributed by atoms with Crippen LogP contribution >= 0.6 is 0 Å². The molecule has 3 saturated heterocycles. The maximum atomic E-state index is 12.7. The summed E-state index contributed by atoms with van der Waals surface area (Å²) in [7, 11) is 0. The zero-order valence-corrected chi connectivity index (χ0v) is 14.7. The minimum atomic E-state index is -4.55. The summed E-state index contributed by atoms with van der Waals surface area (Å²) in [6.45, 7) is 7.04. The maximum absolute atomic E-state index is 12.7. The molecule has 5 atom stereocenters. The minimum Gasteiger partial charge on any atom is -0.342 e. The third-order valence-corrected chi connectivity index (χ3v) is 4.45. The van der Waals surface area contributed by atoms with Gasteiger partial charge in [0.2, 0.25) is 0 Å². The lowest BCUT2D eigenvalue weighted by Crippen LogP contribution is -2.56. The largest absolute Gasteiger partial charge is 0.436 e. The summed E-state index contributed by atoms with van der Waals surface area (Å²) < 4.78 is 68.7. The monoisotopic (exact) mass is 379 g/mol. The molecule has 0 saturated carbocycles. The van der Waals surface area contributed by atoms with E-state index in [1.54, 1.807) is 27.7 Å². The highest BCUT2D eigenvalue weighted by Gasteiger charge is 2.60. The Balaban J connectivity index is 1.57. The molecule has 1 aromatic heterocycles. The van der Waals surface area contributed by atoms with Gasteiger partial charge in [0.15, 0.2) is 23.6 Å². The van der Waals surface area contributed by atoms with Crippen molar-refractivity contribution in [3.8, 4) is 0 Å². The molecule has 0 unspecified atom stereocenters. The molecule has 1 aromatic rings. The van der Waals surface area contributed by atoms with Crippen molar-refractivity contribution in [1.82, 2.24) is 15.0 Å². The fraction of sp³-hybridized carbons (Fsp3) is 0.867. The van der Waals surface area contributed by atoms with Crippen molar-refractivity contribution in [3.05, 3.63) is 11.9 Å². The van der Waals surface area contributed by atoms with Crippen LogP contribution in [0.5, 0.6) is 0 Å². The normalized spacial score (nSPS) is 38.2. The molecule has 0 N–H and O–H groups in total. The van der Waals surface area contributed by atoms with E-state index in [2.05, 4.69) is 10.3 Å². The quantitative estimate of drug-likeness (QED) is 0.774. The van der Waals surface area contributed by atoms with Gasteiger partial charge in [0.1, 0.15) is 24.4 Å². The van der Waals surface area contributed by atoms with Gasteiger partial charge in [0.05, 0.1) is 12.7 Å². The van der Waals surface area contributed by atoms with Gasteiger partial charge in [-0.2, -0.15) is 13.2 Å². The second-order valence-electron chi connectivity index (χ2n) is 7.53. The maximum Gasteiger partial charge on any atom is 0.436 e. The molecule has 0 radical (unpaired) electrons. The predicted octanol–water partition coefficient (Wildman–Crippen LogP) is 1.69. The van der Waals surface area contributed by atoms with Crippen molar-refractivity contribution in [2.45, 2.75) is 82.7 Å². The number of nitrogens with zero attached hydrogens (tertiary/aromatic N) is 3. The second-order valence-corrected chi connectivity index (χ2v) is 7.53. The van der Waals surface area contributed by atoms with Gasteiger partial charge in [-0.05, 0) is 27.7 Å². The third-order valence-electron chi connectivity index (χ3n) is 4.45. The molecule has 0 amide bonds. The first-order valence-corrected chi connectivity index (χ1v) is 8.28.